The molecule has 1 saturated heterocycles. The molecule has 2 nitrogen and oxygen atoms in total. The van der Waals surface area contributed by atoms with Gasteiger partial charge in [-0.3, -0.25) is 4.90 Å². The molecule has 2 aliphatic heterocycles. The summed E-state index contributed by atoms with van der Waals surface area (Å²) in [4.78, 5) is 2.72. The van der Waals surface area contributed by atoms with Crippen molar-refractivity contribution in [1.29, 1.82) is 0 Å². The van der Waals surface area contributed by atoms with Crippen molar-refractivity contribution in [2.75, 3.05) is 13.2 Å². The second-order valence-electron chi connectivity index (χ2n) is 9.82. The SMILES string of the molecule is C1=C(C2C3CC4CC(C3)CC2C4)CC2COCC1N2Cc1ccccc1. The van der Waals surface area contributed by atoms with Crippen LogP contribution in [-0.2, 0) is 11.3 Å². The third kappa shape index (κ3) is 2.60. The van der Waals surface area contributed by atoms with Crippen LogP contribution in [0.5, 0.6) is 0 Å². The standard InChI is InChI=1S/C24H31NO/c1-2-4-16(5-3-1)13-25-22-11-21(12-23(25)15-26-14-22)24-19-7-17-6-18(9-19)10-20(24)8-17/h1-5,11,17-20,22-24H,6-10,12-15H2. The lowest BCUT2D eigenvalue weighted by molar-refractivity contribution is -0.0570. The molecule has 2 unspecified atom stereocenters. The Balaban J connectivity index is 1.26. The Morgan fingerprint density at radius 3 is 2.31 bits per heavy atom. The highest BCUT2D eigenvalue weighted by atomic mass is 16.5. The highest BCUT2D eigenvalue weighted by Gasteiger charge is 2.50. The van der Waals surface area contributed by atoms with E-state index in [4.69, 9.17) is 4.74 Å². The molecule has 4 saturated carbocycles. The van der Waals surface area contributed by atoms with Gasteiger partial charge in [0, 0.05) is 12.6 Å². The van der Waals surface area contributed by atoms with Crippen LogP contribution in [0.4, 0.5) is 0 Å². The average molecular weight is 350 g/mol. The minimum Gasteiger partial charge on any atom is -0.378 e. The maximum absolute atomic E-state index is 5.97. The molecular weight excluding hydrogens is 318 g/mol. The second-order valence-corrected chi connectivity index (χ2v) is 9.82. The summed E-state index contributed by atoms with van der Waals surface area (Å²) in [6, 6.07) is 12.1. The minimum absolute atomic E-state index is 0.495. The number of rotatable bonds is 3. The molecule has 1 aromatic rings. The zero-order valence-corrected chi connectivity index (χ0v) is 15.7. The average Bonchev–Trinajstić information content (AvgIpc) is 2.62. The van der Waals surface area contributed by atoms with Gasteiger partial charge in [-0.2, -0.15) is 0 Å². The third-order valence-corrected chi connectivity index (χ3v) is 8.23. The van der Waals surface area contributed by atoms with Gasteiger partial charge in [0.2, 0.25) is 0 Å². The first-order chi connectivity index (χ1) is 12.8. The summed E-state index contributed by atoms with van der Waals surface area (Å²) in [6.07, 6.45) is 11.6. The van der Waals surface area contributed by atoms with Gasteiger partial charge >= 0.3 is 0 Å². The molecule has 1 aromatic carbocycles. The van der Waals surface area contributed by atoms with Gasteiger partial charge in [-0.1, -0.05) is 42.0 Å². The van der Waals surface area contributed by atoms with Crippen molar-refractivity contribution in [2.24, 2.45) is 29.6 Å². The molecule has 4 aliphatic carbocycles. The van der Waals surface area contributed by atoms with Crippen molar-refractivity contribution in [3.63, 3.8) is 0 Å². The van der Waals surface area contributed by atoms with Crippen molar-refractivity contribution in [3.8, 4) is 0 Å². The molecule has 6 aliphatic rings. The number of benzene rings is 1. The summed E-state index contributed by atoms with van der Waals surface area (Å²) in [5.41, 5.74) is 3.28. The number of ether oxygens (including phenoxy) is 1. The van der Waals surface area contributed by atoms with Gasteiger partial charge in [0.25, 0.3) is 0 Å². The third-order valence-electron chi connectivity index (χ3n) is 8.23. The molecule has 0 amide bonds. The highest BCUT2D eigenvalue weighted by molar-refractivity contribution is 5.24. The lowest BCUT2D eigenvalue weighted by Gasteiger charge is -2.57. The minimum atomic E-state index is 0.495. The van der Waals surface area contributed by atoms with Crippen LogP contribution in [0.1, 0.15) is 44.1 Å². The molecular formula is C24H31NO. The van der Waals surface area contributed by atoms with Crippen LogP contribution in [0.2, 0.25) is 0 Å². The number of hydrogen-bond acceptors (Lipinski definition) is 2. The van der Waals surface area contributed by atoms with Gasteiger partial charge in [0.05, 0.1) is 19.3 Å². The van der Waals surface area contributed by atoms with E-state index in [0.29, 0.717) is 12.1 Å². The van der Waals surface area contributed by atoms with Crippen molar-refractivity contribution in [1.82, 2.24) is 4.90 Å². The van der Waals surface area contributed by atoms with Crippen LogP contribution in [0, 0.1) is 29.6 Å². The van der Waals surface area contributed by atoms with Crippen LogP contribution >= 0.6 is 0 Å². The molecule has 6 bridgehead atoms. The Bertz CT molecular complexity index is 667. The van der Waals surface area contributed by atoms with Crippen LogP contribution in [0.15, 0.2) is 42.0 Å². The lowest BCUT2D eigenvalue weighted by atomic mass is 9.50. The molecule has 0 aromatic heterocycles. The molecule has 0 spiro atoms. The van der Waals surface area contributed by atoms with Gasteiger partial charge in [-0.15, -0.1) is 0 Å². The van der Waals surface area contributed by atoms with Crippen molar-refractivity contribution >= 4 is 0 Å². The van der Waals surface area contributed by atoms with E-state index in [2.05, 4.69) is 41.3 Å². The zero-order chi connectivity index (χ0) is 17.1. The topological polar surface area (TPSA) is 12.5 Å². The Morgan fingerprint density at radius 1 is 0.885 bits per heavy atom. The van der Waals surface area contributed by atoms with Gasteiger partial charge in [-0.05, 0) is 73.7 Å². The molecule has 0 radical (unpaired) electrons. The summed E-state index contributed by atoms with van der Waals surface area (Å²) < 4.78 is 5.97. The first-order valence-electron chi connectivity index (χ1n) is 10.9. The Hall–Kier alpha value is -1.12. The van der Waals surface area contributed by atoms with Crippen LogP contribution in [-0.4, -0.2) is 30.2 Å². The van der Waals surface area contributed by atoms with Gasteiger partial charge < -0.3 is 4.74 Å². The Labute approximate surface area is 157 Å². The molecule has 7 rings (SSSR count). The summed E-state index contributed by atoms with van der Waals surface area (Å²) >= 11 is 0. The maximum Gasteiger partial charge on any atom is 0.0658 e. The number of morpholine rings is 1. The number of nitrogens with zero attached hydrogens (tertiary/aromatic N) is 1. The van der Waals surface area contributed by atoms with E-state index < -0.39 is 0 Å². The normalized spacial score (nSPS) is 44.2. The fraction of sp³-hybridized carbons (Fsp3) is 0.667. The molecule has 5 fully saturated rings. The van der Waals surface area contributed by atoms with Gasteiger partial charge in [0.1, 0.15) is 0 Å². The maximum atomic E-state index is 5.97. The van der Waals surface area contributed by atoms with Gasteiger partial charge in [-0.25, -0.2) is 0 Å². The summed E-state index contributed by atoms with van der Waals surface area (Å²) in [5, 5.41) is 0. The monoisotopic (exact) mass is 349 g/mol. The predicted octanol–water partition coefficient (Wildman–Crippen LogP) is 4.66. The molecule has 26 heavy (non-hydrogen) atoms. The van der Waals surface area contributed by atoms with E-state index in [1.807, 2.05) is 5.57 Å². The smallest absolute Gasteiger partial charge is 0.0658 e. The van der Waals surface area contributed by atoms with Crippen LogP contribution in [0.25, 0.3) is 0 Å². The first-order valence-corrected chi connectivity index (χ1v) is 10.9. The second kappa shape index (κ2) is 6.21. The predicted molar refractivity (Wildman–Crippen MR) is 104 cm³/mol. The van der Waals surface area contributed by atoms with E-state index in [-0.39, 0.29) is 0 Å². The van der Waals surface area contributed by atoms with Crippen LogP contribution in [0.3, 0.4) is 0 Å². The van der Waals surface area contributed by atoms with E-state index >= 15 is 0 Å². The summed E-state index contributed by atoms with van der Waals surface area (Å²) in [6.45, 7) is 2.89. The number of hydrogen-bond donors (Lipinski definition) is 0. The largest absolute Gasteiger partial charge is 0.378 e. The highest BCUT2D eigenvalue weighted by Crippen LogP contribution is 2.59. The molecule has 138 valence electrons. The first kappa shape index (κ1) is 15.9. The van der Waals surface area contributed by atoms with E-state index in [9.17, 15) is 0 Å². The number of fused-ring (bicyclic) bond motifs is 2. The molecule has 2 atom stereocenters. The van der Waals surface area contributed by atoms with Crippen molar-refractivity contribution < 1.29 is 4.74 Å². The molecule has 2 heteroatoms. The molecule has 0 N–H and O–H groups in total. The molecule has 2 heterocycles. The van der Waals surface area contributed by atoms with Crippen LogP contribution < -0.4 is 0 Å². The Kier molecular flexibility index (Phi) is 3.79. The fourth-order valence-corrected chi connectivity index (χ4v) is 7.51. The fourth-order valence-electron chi connectivity index (χ4n) is 7.51. The van der Waals surface area contributed by atoms with E-state index in [0.717, 1.165) is 49.3 Å². The van der Waals surface area contributed by atoms with Crippen molar-refractivity contribution in [3.05, 3.63) is 47.5 Å². The Morgan fingerprint density at radius 2 is 1.62 bits per heavy atom. The lowest BCUT2D eigenvalue weighted by Crippen LogP contribution is -2.55. The summed E-state index contributed by atoms with van der Waals surface area (Å²) in [5.74, 6) is 5.11. The zero-order valence-electron chi connectivity index (χ0n) is 15.7. The van der Waals surface area contributed by atoms with Gasteiger partial charge in [0.15, 0.2) is 0 Å². The summed E-state index contributed by atoms with van der Waals surface area (Å²) in [7, 11) is 0. The van der Waals surface area contributed by atoms with E-state index in [1.54, 1.807) is 6.42 Å². The van der Waals surface area contributed by atoms with E-state index in [1.165, 1.54) is 37.7 Å². The quantitative estimate of drug-likeness (QED) is 0.736. The van der Waals surface area contributed by atoms with Crippen molar-refractivity contribution in [2.45, 2.75) is 57.2 Å².